The van der Waals surface area contributed by atoms with Gasteiger partial charge in [-0.3, -0.25) is 4.79 Å². The van der Waals surface area contributed by atoms with E-state index in [0.29, 0.717) is 12.8 Å². The number of rotatable bonds is 3. The van der Waals surface area contributed by atoms with Crippen LogP contribution in [0.25, 0.3) is 0 Å². The number of hydrogen-bond acceptors (Lipinski definition) is 3. The summed E-state index contributed by atoms with van der Waals surface area (Å²) in [6, 6.07) is 3.74. The number of nitrogens with one attached hydrogen (secondary N) is 1. The average molecular weight is 316 g/mol. The van der Waals surface area contributed by atoms with Gasteiger partial charge < -0.3 is 15.5 Å². The molecule has 2 rings (SSSR count). The first kappa shape index (κ1) is 16.2. The van der Waals surface area contributed by atoms with Gasteiger partial charge in [-0.25, -0.2) is 4.39 Å². The van der Waals surface area contributed by atoms with Gasteiger partial charge in [-0.15, -0.1) is 0 Å². The summed E-state index contributed by atoms with van der Waals surface area (Å²) in [6.07, 6.45) is 0.720. The van der Waals surface area contributed by atoms with E-state index >= 15 is 0 Å². The van der Waals surface area contributed by atoms with Crippen molar-refractivity contribution >= 4 is 17.5 Å². The van der Waals surface area contributed by atoms with Gasteiger partial charge in [0.2, 0.25) is 5.91 Å². The molecule has 1 aliphatic rings. The molecule has 4 nitrogen and oxygen atoms in total. The molecule has 1 aromatic rings. The standard InChI is InChI=1S/C15H19ClFNO3/c16-10-4-3-5-11(17)9(10)8-14(20)18-12-6-1-2-7-13(19)15(12)21/h3-5,12-13,15,19,21H,1-2,6-8H2,(H,18,20)/t12-,13-,15-/m1/s1. The fourth-order valence-electron chi connectivity index (χ4n) is 2.60. The molecule has 1 fully saturated rings. The van der Waals surface area contributed by atoms with Crippen molar-refractivity contribution in [1.29, 1.82) is 0 Å². The van der Waals surface area contributed by atoms with E-state index in [1.807, 2.05) is 0 Å². The van der Waals surface area contributed by atoms with E-state index in [-0.39, 0.29) is 17.0 Å². The van der Waals surface area contributed by atoms with Crippen LogP contribution in [-0.4, -0.2) is 34.4 Å². The van der Waals surface area contributed by atoms with Crippen molar-refractivity contribution in [3.63, 3.8) is 0 Å². The summed E-state index contributed by atoms with van der Waals surface area (Å²) in [6.45, 7) is 0. The zero-order valence-electron chi connectivity index (χ0n) is 11.6. The Morgan fingerprint density at radius 3 is 2.76 bits per heavy atom. The van der Waals surface area contributed by atoms with Crippen molar-refractivity contribution in [2.75, 3.05) is 0 Å². The largest absolute Gasteiger partial charge is 0.390 e. The summed E-state index contributed by atoms with van der Waals surface area (Å²) in [7, 11) is 0. The topological polar surface area (TPSA) is 69.6 Å². The molecule has 6 heteroatoms. The van der Waals surface area contributed by atoms with Gasteiger partial charge in [-0.2, -0.15) is 0 Å². The second-order valence-corrected chi connectivity index (χ2v) is 5.80. The monoisotopic (exact) mass is 315 g/mol. The van der Waals surface area contributed by atoms with Crippen LogP contribution in [0.3, 0.4) is 0 Å². The Labute approximate surface area is 127 Å². The number of hydrogen-bond donors (Lipinski definition) is 3. The SMILES string of the molecule is O=C(Cc1c(F)cccc1Cl)N[C@@H]1CCCC[C@@H](O)[C@@H]1O. The molecule has 1 aliphatic carbocycles. The van der Waals surface area contributed by atoms with Crippen molar-refractivity contribution in [3.8, 4) is 0 Å². The molecule has 0 spiro atoms. The smallest absolute Gasteiger partial charge is 0.224 e. The molecule has 0 aliphatic heterocycles. The minimum atomic E-state index is -0.993. The van der Waals surface area contributed by atoms with Crippen LogP contribution in [0.5, 0.6) is 0 Å². The van der Waals surface area contributed by atoms with Crippen LogP contribution in [-0.2, 0) is 11.2 Å². The first-order valence-electron chi connectivity index (χ1n) is 7.07. The fraction of sp³-hybridized carbons (Fsp3) is 0.533. The predicted octanol–water partition coefficient (Wildman–Crippen LogP) is 1.80. The fourth-order valence-corrected chi connectivity index (χ4v) is 2.83. The maximum Gasteiger partial charge on any atom is 0.224 e. The molecule has 0 unspecified atom stereocenters. The highest BCUT2D eigenvalue weighted by Gasteiger charge is 2.29. The maximum absolute atomic E-state index is 13.6. The zero-order valence-corrected chi connectivity index (χ0v) is 12.3. The van der Waals surface area contributed by atoms with Gasteiger partial charge in [0.1, 0.15) is 5.82 Å². The lowest BCUT2D eigenvalue weighted by atomic mass is 10.0. The van der Waals surface area contributed by atoms with Gasteiger partial charge in [0, 0.05) is 10.6 Å². The third-order valence-electron chi connectivity index (χ3n) is 3.82. The molecule has 1 aromatic carbocycles. The highest BCUT2D eigenvalue weighted by Crippen LogP contribution is 2.21. The number of benzene rings is 1. The number of amides is 1. The first-order valence-corrected chi connectivity index (χ1v) is 7.45. The van der Waals surface area contributed by atoms with E-state index in [9.17, 15) is 19.4 Å². The Bertz CT molecular complexity index is 491. The number of aliphatic hydroxyl groups excluding tert-OH is 2. The molecule has 3 N–H and O–H groups in total. The van der Waals surface area contributed by atoms with E-state index in [2.05, 4.69) is 5.32 Å². The van der Waals surface area contributed by atoms with Crippen LogP contribution in [0.15, 0.2) is 18.2 Å². The van der Waals surface area contributed by atoms with Crippen molar-refractivity contribution in [3.05, 3.63) is 34.6 Å². The molecule has 1 saturated carbocycles. The third-order valence-corrected chi connectivity index (χ3v) is 4.17. The van der Waals surface area contributed by atoms with Gasteiger partial charge in [0.25, 0.3) is 0 Å². The maximum atomic E-state index is 13.6. The molecule has 21 heavy (non-hydrogen) atoms. The minimum Gasteiger partial charge on any atom is -0.390 e. The molecule has 0 saturated heterocycles. The molecule has 0 radical (unpaired) electrons. The summed E-state index contributed by atoms with van der Waals surface area (Å²) >= 11 is 5.88. The van der Waals surface area contributed by atoms with E-state index in [1.165, 1.54) is 18.2 Å². The molecule has 1 amide bonds. The number of aliphatic hydroxyl groups is 2. The predicted molar refractivity (Wildman–Crippen MR) is 77.5 cm³/mol. The van der Waals surface area contributed by atoms with Crippen LogP contribution >= 0.6 is 11.6 Å². The zero-order chi connectivity index (χ0) is 15.4. The van der Waals surface area contributed by atoms with Gasteiger partial charge >= 0.3 is 0 Å². The lowest BCUT2D eigenvalue weighted by molar-refractivity contribution is -0.122. The second kappa shape index (κ2) is 7.20. The Morgan fingerprint density at radius 1 is 1.33 bits per heavy atom. The summed E-state index contributed by atoms with van der Waals surface area (Å²) in [5, 5.41) is 22.6. The van der Waals surface area contributed by atoms with E-state index < -0.39 is 30.0 Å². The molecule has 0 heterocycles. The van der Waals surface area contributed by atoms with Crippen LogP contribution in [0, 0.1) is 5.82 Å². The van der Waals surface area contributed by atoms with E-state index in [4.69, 9.17) is 11.6 Å². The molecule has 0 aromatic heterocycles. The van der Waals surface area contributed by atoms with Gasteiger partial charge in [0.05, 0.1) is 24.7 Å². The average Bonchev–Trinajstić information content (AvgIpc) is 2.59. The highest BCUT2D eigenvalue weighted by atomic mass is 35.5. The molecule has 0 bridgehead atoms. The molecule has 116 valence electrons. The summed E-state index contributed by atoms with van der Waals surface area (Å²) < 4.78 is 13.6. The Hall–Kier alpha value is -1.17. The number of halogens is 2. The minimum absolute atomic E-state index is 0.139. The highest BCUT2D eigenvalue weighted by molar-refractivity contribution is 6.31. The second-order valence-electron chi connectivity index (χ2n) is 5.39. The first-order chi connectivity index (χ1) is 9.99. The van der Waals surface area contributed by atoms with Crippen LogP contribution < -0.4 is 5.32 Å². The molecule has 3 atom stereocenters. The van der Waals surface area contributed by atoms with Crippen LogP contribution in [0.2, 0.25) is 5.02 Å². The van der Waals surface area contributed by atoms with Crippen molar-refractivity contribution in [1.82, 2.24) is 5.32 Å². The summed E-state index contributed by atoms with van der Waals surface area (Å²) in [5.41, 5.74) is 0.139. The Kier molecular flexibility index (Phi) is 5.56. The molecular weight excluding hydrogens is 297 g/mol. The van der Waals surface area contributed by atoms with Crippen molar-refractivity contribution in [2.24, 2.45) is 0 Å². The van der Waals surface area contributed by atoms with Crippen LogP contribution in [0.1, 0.15) is 31.2 Å². The van der Waals surface area contributed by atoms with Crippen LogP contribution in [0.4, 0.5) is 4.39 Å². The Balaban J connectivity index is 2.01. The van der Waals surface area contributed by atoms with E-state index in [1.54, 1.807) is 0 Å². The van der Waals surface area contributed by atoms with Crippen molar-refractivity contribution < 1.29 is 19.4 Å². The van der Waals surface area contributed by atoms with Gasteiger partial charge in [-0.05, 0) is 25.0 Å². The number of carbonyl (C=O) groups is 1. The van der Waals surface area contributed by atoms with Gasteiger partial charge in [-0.1, -0.05) is 30.5 Å². The summed E-state index contributed by atoms with van der Waals surface area (Å²) in [4.78, 5) is 12.0. The normalized spacial score (nSPS) is 26.2. The molecular formula is C15H19ClFNO3. The summed E-state index contributed by atoms with van der Waals surface area (Å²) in [5.74, 6) is -0.945. The van der Waals surface area contributed by atoms with E-state index in [0.717, 1.165) is 12.8 Å². The quantitative estimate of drug-likeness (QED) is 0.745. The number of carbonyl (C=O) groups excluding carboxylic acids is 1. The Morgan fingerprint density at radius 2 is 2.05 bits per heavy atom. The van der Waals surface area contributed by atoms with Crippen molar-refractivity contribution in [2.45, 2.75) is 50.4 Å². The van der Waals surface area contributed by atoms with Gasteiger partial charge in [0.15, 0.2) is 0 Å². The lowest BCUT2D eigenvalue weighted by Gasteiger charge is -2.25. The third kappa shape index (κ3) is 4.15. The lowest BCUT2D eigenvalue weighted by Crippen LogP contribution is -2.48.